The lowest BCUT2D eigenvalue weighted by Crippen LogP contribution is -2.29. The molecule has 1 saturated heterocycles. The number of carbonyl (C=O) groups is 1. The van der Waals surface area contributed by atoms with Gasteiger partial charge in [-0.3, -0.25) is 4.79 Å². The highest BCUT2D eigenvalue weighted by atomic mass is 16.4. The molecule has 5 nitrogen and oxygen atoms in total. The van der Waals surface area contributed by atoms with E-state index in [4.69, 9.17) is 15.9 Å². The lowest BCUT2D eigenvalue weighted by molar-refractivity contribution is -0.139. The highest BCUT2D eigenvalue weighted by molar-refractivity contribution is 5.73. The van der Waals surface area contributed by atoms with Gasteiger partial charge in [-0.2, -0.15) is 0 Å². The van der Waals surface area contributed by atoms with Crippen molar-refractivity contribution in [2.45, 2.75) is 18.9 Å². The molecular weight excluding hydrogens is 208 g/mol. The molecule has 0 spiro atoms. The molecular formula is C11H16N2O3. The van der Waals surface area contributed by atoms with Gasteiger partial charge in [0.25, 0.3) is 0 Å². The topological polar surface area (TPSA) is 95.6 Å². The summed E-state index contributed by atoms with van der Waals surface area (Å²) in [5, 5.41) is 20.0. The average molecular weight is 224 g/mol. The van der Waals surface area contributed by atoms with Crippen molar-refractivity contribution in [1.82, 2.24) is 5.32 Å². The Hall–Kier alpha value is -1.75. The number of phenols is 1. The zero-order chi connectivity index (χ0) is 12.0. The quantitative estimate of drug-likeness (QED) is 0.418. The Labute approximate surface area is 93.9 Å². The molecule has 0 saturated carbocycles. The molecule has 5 N–H and O–H groups in total. The summed E-state index contributed by atoms with van der Waals surface area (Å²) in [7, 11) is 0. The van der Waals surface area contributed by atoms with E-state index in [0.717, 1.165) is 19.4 Å². The van der Waals surface area contributed by atoms with E-state index in [1.807, 2.05) is 0 Å². The standard InChI is InChI=1S/C6H7NO.C5H9NO2/c7-5-3-1-2-4-6(5)8;7-5(8)4-2-1-3-6-4/h1-4,8H,7H2;4,6H,1-3H2,(H,7,8)/t;4-/m.0/s1. The van der Waals surface area contributed by atoms with Crippen molar-refractivity contribution < 1.29 is 15.0 Å². The van der Waals surface area contributed by atoms with Crippen LogP contribution in [0.1, 0.15) is 12.8 Å². The second kappa shape index (κ2) is 5.97. The van der Waals surface area contributed by atoms with Crippen molar-refractivity contribution in [3.05, 3.63) is 24.3 Å². The van der Waals surface area contributed by atoms with Crippen LogP contribution in [0.25, 0.3) is 0 Å². The SMILES string of the molecule is Nc1ccccc1O.O=C(O)[C@@H]1CCCN1. The molecule has 0 unspecified atom stereocenters. The van der Waals surface area contributed by atoms with Crippen LogP contribution in [0.15, 0.2) is 24.3 Å². The molecule has 2 rings (SSSR count). The second-order valence-electron chi connectivity index (χ2n) is 3.55. The van der Waals surface area contributed by atoms with Crippen molar-refractivity contribution in [1.29, 1.82) is 0 Å². The number of nitrogens with two attached hydrogens (primary N) is 1. The Morgan fingerprint density at radius 3 is 2.44 bits per heavy atom. The third-order valence-corrected chi connectivity index (χ3v) is 2.30. The summed E-state index contributed by atoms with van der Waals surface area (Å²) in [5.74, 6) is -0.574. The number of hydrogen-bond donors (Lipinski definition) is 4. The molecule has 16 heavy (non-hydrogen) atoms. The smallest absolute Gasteiger partial charge is 0.320 e. The molecule has 1 fully saturated rings. The van der Waals surface area contributed by atoms with Crippen molar-refractivity contribution in [3.63, 3.8) is 0 Å². The van der Waals surface area contributed by atoms with Crippen LogP contribution in [-0.2, 0) is 4.79 Å². The lowest BCUT2D eigenvalue weighted by atomic mass is 10.2. The number of carboxylic acids is 1. The molecule has 1 atom stereocenters. The van der Waals surface area contributed by atoms with Gasteiger partial charge < -0.3 is 21.3 Å². The molecule has 0 radical (unpaired) electrons. The summed E-state index contributed by atoms with van der Waals surface area (Å²) >= 11 is 0. The predicted octanol–water partition coefficient (Wildman–Crippen LogP) is 0.797. The van der Waals surface area contributed by atoms with Crippen molar-refractivity contribution in [3.8, 4) is 5.75 Å². The van der Waals surface area contributed by atoms with Crippen LogP contribution < -0.4 is 11.1 Å². The van der Waals surface area contributed by atoms with Crippen LogP contribution in [0.3, 0.4) is 0 Å². The van der Waals surface area contributed by atoms with Crippen molar-refractivity contribution in [2.75, 3.05) is 12.3 Å². The van der Waals surface area contributed by atoms with Crippen LogP contribution in [0.4, 0.5) is 5.69 Å². The first-order chi connectivity index (χ1) is 7.61. The lowest BCUT2D eigenvalue weighted by Gasteiger charge is -1.99. The maximum atomic E-state index is 10.1. The van der Waals surface area contributed by atoms with Gasteiger partial charge in [0.05, 0.1) is 5.69 Å². The molecule has 0 aliphatic carbocycles. The summed E-state index contributed by atoms with van der Waals surface area (Å²) < 4.78 is 0. The number of rotatable bonds is 1. The van der Waals surface area contributed by atoms with Gasteiger partial charge in [-0.15, -0.1) is 0 Å². The van der Waals surface area contributed by atoms with Crippen molar-refractivity contribution >= 4 is 11.7 Å². The van der Waals surface area contributed by atoms with E-state index >= 15 is 0 Å². The number of anilines is 1. The highest BCUT2D eigenvalue weighted by Gasteiger charge is 2.20. The number of nitrogens with one attached hydrogen (secondary N) is 1. The molecule has 1 aliphatic heterocycles. The van der Waals surface area contributed by atoms with Gasteiger partial charge in [0.2, 0.25) is 0 Å². The van der Waals surface area contributed by atoms with Crippen LogP contribution in [-0.4, -0.2) is 28.8 Å². The second-order valence-corrected chi connectivity index (χ2v) is 3.55. The Bertz CT molecular complexity index is 328. The normalized spacial score (nSPS) is 18.6. The fourth-order valence-electron chi connectivity index (χ4n) is 1.38. The average Bonchev–Trinajstić information content (AvgIpc) is 2.77. The highest BCUT2D eigenvalue weighted by Crippen LogP contribution is 2.16. The minimum absolute atomic E-state index is 0.146. The Morgan fingerprint density at radius 1 is 1.44 bits per heavy atom. The fourth-order valence-corrected chi connectivity index (χ4v) is 1.38. The molecule has 1 aromatic carbocycles. The van der Waals surface area contributed by atoms with Gasteiger partial charge >= 0.3 is 5.97 Å². The largest absolute Gasteiger partial charge is 0.506 e. The van der Waals surface area contributed by atoms with Crippen LogP contribution in [0, 0.1) is 0 Å². The molecule has 5 heteroatoms. The van der Waals surface area contributed by atoms with Crippen molar-refractivity contribution in [2.24, 2.45) is 0 Å². The van der Waals surface area contributed by atoms with E-state index in [0.29, 0.717) is 5.69 Å². The first kappa shape index (κ1) is 12.3. The number of para-hydroxylation sites is 2. The summed E-state index contributed by atoms with van der Waals surface area (Å²) in [5.41, 5.74) is 5.69. The van der Waals surface area contributed by atoms with Crippen LogP contribution in [0.5, 0.6) is 5.75 Å². The number of benzene rings is 1. The first-order valence-electron chi connectivity index (χ1n) is 5.11. The maximum absolute atomic E-state index is 10.1. The van der Waals surface area contributed by atoms with E-state index in [2.05, 4.69) is 5.32 Å². The fraction of sp³-hybridized carbons (Fsp3) is 0.364. The van der Waals surface area contributed by atoms with Gasteiger partial charge in [-0.05, 0) is 31.5 Å². The molecule has 88 valence electrons. The molecule has 1 heterocycles. The van der Waals surface area contributed by atoms with E-state index in [9.17, 15) is 4.79 Å². The molecule has 1 aliphatic rings. The summed E-state index contributed by atoms with van der Waals surface area (Å²) in [6, 6.07) is 6.43. The number of carboxylic acid groups (broad SMARTS) is 1. The zero-order valence-electron chi connectivity index (χ0n) is 8.89. The molecule has 0 bridgehead atoms. The minimum atomic E-state index is -0.720. The Balaban J connectivity index is 0.000000160. The Kier molecular flexibility index (Phi) is 4.60. The molecule has 0 aromatic heterocycles. The minimum Gasteiger partial charge on any atom is -0.506 e. The van der Waals surface area contributed by atoms with Gasteiger partial charge in [-0.1, -0.05) is 12.1 Å². The number of phenolic OH excluding ortho intramolecular Hbond substituents is 1. The summed E-state index contributed by atoms with van der Waals surface area (Å²) in [4.78, 5) is 10.1. The number of hydrogen-bond acceptors (Lipinski definition) is 4. The van der Waals surface area contributed by atoms with E-state index in [-0.39, 0.29) is 11.8 Å². The number of aromatic hydroxyl groups is 1. The zero-order valence-corrected chi connectivity index (χ0v) is 8.89. The molecule has 1 aromatic rings. The van der Waals surface area contributed by atoms with Gasteiger partial charge in [0.15, 0.2) is 0 Å². The summed E-state index contributed by atoms with van der Waals surface area (Å²) in [6.07, 6.45) is 1.78. The Morgan fingerprint density at radius 2 is 2.12 bits per heavy atom. The third-order valence-electron chi connectivity index (χ3n) is 2.30. The van der Waals surface area contributed by atoms with E-state index in [1.54, 1.807) is 24.3 Å². The molecule has 0 amide bonds. The van der Waals surface area contributed by atoms with Crippen LogP contribution in [0.2, 0.25) is 0 Å². The monoisotopic (exact) mass is 224 g/mol. The van der Waals surface area contributed by atoms with E-state index in [1.165, 1.54) is 0 Å². The van der Waals surface area contributed by atoms with E-state index < -0.39 is 5.97 Å². The number of aliphatic carboxylic acids is 1. The summed E-state index contributed by atoms with van der Waals surface area (Å²) in [6.45, 7) is 0.858. The first-order valence-corrected chi connectivity index (χ1v) is 5.11. The predicted molar refractivity (Wildman–Crippen MR) is 61.2 cm³/mol. The number of nitrogen functional groups attached to an aromatic ring is 1. The van der Waals surface area contributed by atoms with Crippen LogP contribution >= 0.6 is 0 Å². The third kappa shape index (κ3) is 3.78. The van der Waals surface area contributed by atoms with Gasteiger partial charge in [0.1, 0.15) is 11.8 Å². The van der Waals surface area contributed by atoms with Gasteiger partial charge in [0, 0.05) is 0 Å². The maximum Gasteiger partial charge on any atom is 0.320 e. The van der Waals surface area contributed by atoms with Gasteiger partial charge in [-0.25, -0.2) is 0 Å².